The summed E-state index contributed by atoms with van der Waals surface area (Å²) in [5.41, 5.74) is -1.22. The topological polar surface area (TPSA) is 235 Å². The van der Waals surface area contributed by atoms with Crippen LogP contribution in [0.2, 0.25) is 0 Å². The molecule has 0 aromatic heterocycles. The van der Waals surface area contributed by atoms with Crippen molar-refractivity contribution in [2.75, 3.05) is 19.1 Å². The van der Waals surface area contributed by atoms with Gasteiger partial charge in [0, 0.05) is 0 Å². The van der Waals surface area contributed by atoms with Crippen molar-refractivity contribution < 1.29 is 85.9 Å². The number of thioether (sulfide) groups is 2. The Balaban J connectivity index is 0.000000826. The van der Waals surface area contributed by atoms with E-state index in [0.717, 1.165) is 18.7 Å². The number of aliphatic hydroxyl groups excluding tert-OH is 6. The van der Waals surface area contributed by atoms with Gasteiger partial charge in [-0.05, 0) is 44.1 Å². The van der Waals surface area contributed by atoms with E-state index in [-0.39, 0.29) is 36.2 Å². The highest BCUT2D eigenvalue weighted by Gasteiger charge is 2.50. The van der Waals surface area contributed by atoms with Gasteiger partial charge in [0.05, 0.1) is 43.4 Å². The molecule has 22 heteroatoms. The smallest absolute Gasteiger partial charge is 0.471 e. The van der Waals surface area contributed by atoms with Gasteiger partial charge in [-0.25, -0.2) is 0 Å². The number of halogens is 6. The van der Waals surface area contributed by atoms with Gasteiger partial charge >= 0.3 is 30.1 Å². The van der Waals surface area contributed by atoms with Crippen LogP contribution in [0.15, 0.2) is 0 Å². The van der Waals surface area contributed by atoms with E-state index >= 15 is 0 Å². The Morgan fingerprint density at radius 1 is 0.700 bits per heavy atom. The maximum atomic E-state index is 12.5. The molecule has 14 atom stereocenters. The van der Waals surface area contributed by atoms with E-state index < -0.39 is 90.4 Å². The van der Waals surface area contributed by atoms with Crippen molar-refractivity contribution in [3.8, 4) is 0 Å². The molecule has 2 aliphatic rings. The van der Waals surface area contributed by atoms with Gasteiger partial charge in [0.15, 0.2) is 0 Å². The van der Waals surface area contributed by atoms with Crippen LogP contribution in [-0.2, 0) is 23.9 Å². The first-order chi connectivity index (χ1) is 22.8. The average molecular weight is 783 g/mol. The van der Waals surface area contributed by atoms with Gasteiger partial charge in [-0.2, -0.15) is 26.3 Å². The van der Waals surface area contributed by atoms with Crippen LogP contribution in [0.3, 0.4) is 0 Å². The lowest BCUT2D eigenvalue weighted by molar-refractivity contribution is -0.214. The fourth-order valence-corrected chi connectivity index (χ4v) is 6.59. The van der Waals surface area contributed by atoms with E-state index in [1.165, 1.54) is 30.3 Å². The number of ether oxygens (including phenoxy) is 2. The third kappa shape index (κ3) is 14.4. The summed E-state index contributed by atoms with van der Waals surface area (Å²) >= 11 is 2.44. The third-order valence-corrected chi connectivity index (χ3v) is 10.0. The third-order valence-electron chi connectivity index (χ3n) is 8.15. The van der Waals surface area contributed by atoms with Gasteiger partial charge in [0.1, 0.15) is 35.3 Å². The maximum Gasteiger partial charge on any atom is 0.471 e. The molecule has 0 aromatic carbocycles. The molecule has 2 rings (SSSR count). The molecule has 0 bridgehead atoms. The van der Waals surface area contributed by atoms with Crippen molar-refractivity contribution in [1.29, 1.82) is 0 Å². The first-order valence-corrected chi connectivity index (χ1v) is 17.7. The molecule has 0 aromatic rings. The molecule has 2 heterocycles. The monoisotopic (exact) mass is 782 g/mol. The lowest BCUT2D eigenvalue weighted by Gasteiger charge is -2.46. The SMILES string of the molecule is CSC1O[C@H]([C@H](NC(=O)C(F)(F)F)[C@@H](C)O)C(C)[C@@H](C)[C@H]1C.CSC1O[C@H]([C@H](NC(=O)C(F)(F)F)[C@@H](C)O)C(O)[C@@H](O)[C@H]1O.O=C(O)CCO. The van der Waals surface area contributed by atoms with Gasteiger partial charge < -0.3 is 55.9 Å². The fraction of sp³-hybridized carbons (Fsp3) is 0.893. The minimum absolute atomic E-state index is 0.0912. The molecule has 0 saturated carbocycles. The molecule has 4 unspecified atom stereocenters. The molecule has 2 aliphatic heterocycles. The number of carbonyl (C=O) groups is 3. The lowest BCUT2D eigenvalue weighted by Crippen LogP contribution is -2.65. The number of carboxylic acids is 1. The lowest BCUT2D eigenvalue weighted by atomic mass is 9.77. The number of hydrogen-bond donors (Lipinski definition) is 9. The zero-order valence-corrected chi connectivity index (χ0v) is 29.9. The molecule has 296 valence electrons. The predicted molar refractivity (Wildman–Crippen MR) is 169 cm³/mol. The van der Waals surface area contributed by atoms with Gasteiger partial charge in [-0.1, -0.05) is 20.8 Å². The molecule has 9 N–H and O–H groups in total. The first-order valence-electron chi connectivity index (χ1n) is 15.1. The highest BCUT2D eigenvalue weighted by Crippen LogP contribution is 2.40. The number of aliphatic hydroxyl groups is 6. The summed E-state index contributed by atoms with van der Waals surface area (Å²) < 4.78 is 85.5. The average Bonchev–Trinajstić information content (AvgIpc) is 3.00. The van der Waals surface area contributed by atoms with Crippen LogP contribution >= 0.6 is 23.5 Å². The van der Waals surface area contributed by atoms with Crippen LogP contribution in [0, 0.1) is 17.8 Å². The maximum absolute atomic E-state index is 12.5. The Morgan fingerprint density at radius 3 is 1.42 bits per heavy atom. The van der Waals surface area contributed by atoms with Crippen LogP contribution in [0.5, 0.6) is 0 Å². The van der Waals surface area contributed by atoms with E-state index in [1.807, 2.05) is 32.3 Å². The highest BCUT2D eigenvalue weighted by atomic mass is 32.2. The Morgan fingerprint density at radius 2 is 1.10 bits per heavy atom. The highest BCUT2D eigenvalue weighted by molar-refractivity contribution is 7.99. The largest absolute Gasteiger partial charge is 0.481 e. The van der Waals surface area contributed by atoms with Crippen molar-refractivity contribution in [2.45, 2.75) is 119 Å². The van der Waals surface area contributed by atoms with Gasteiger partial charge in [0.2, 0.25) is 0 Å². The molecule has 0 radical (unpaired) electrons. The second-order valence-corrected chi connectivity index (χ2v) is 13.7. The van der Waals surface area contributed by atoms with Crippen LogP contribution in [-0.4, -0.2) is 151 Å². The quantitative estimate of drug-likeness (QED) is 0.137. The summed E-state index contributed by atoms with van der Waals surface area (Å²) in [5, 5.41) is 67.7. The van der Waals surface area contributed by atoms with Crippen molar-refractivity contribution >= 4 is 41.3 Å². The van der Waals surface area contributed by atoms with E-state index in [9.17, 15) is 66.3 Å². The van der Waals surface area contributed by atoms with Crippen molar-refractivity contribution in [3.63, 3.8) is 0 Å². The van der Waals surface area contributed by atoms with Crippen molar-refractivity contribution in [1.82, 2.24) is 10.6 Å². The summed E-state index contributed by atoms with van der Waals surface area (Å²) in [6.07, 6.45) is -16.7. The summed E-state index contributed by atoms with van der Waals surface area (Å²) in [4.78, 5) is 31.7. The van der Waals surface area contributed by atoms with Crippen molar-refractivity contribution in [2.24, 2.45) is 17.8 Å². The van der Waals surface area contributed by atoms with E-state index in [2.05, 4.69) is 0 Å². The van der Waals surface area contributed by atoms with Gasteiger partial charge in [-0.3, -0.25) is 14.4 Å². The van der Waals surface area contributed by atoms with Crippen LogP contribution in [0.25, 0.3) is 0 Å². The van der Waals surface area contributed by atoms with Crippen molar-refractivity contribution in [3.05, 3.63) is 0 Å². The normalized spacial score (nSPS) is 32.5. The van der Waals surface area contributed by atoms with Crippen LogP contribution in [0.1, 0.15) is 41.0 Å². The summed E-state index contributed by atoms with van der Waals surface area (Å²) in [7, 11) is 0. The molecule has 0 aliphatic carbocycles. The van der Waals surface area contributed by atoms with Gasteiger partial charge in [0.25, 0.3) is 0 Å². The fourth-order valence-electron chi connectivity index (χ4n) is 4.99. The van der Waals surface area contributed by atoms with Crippen LogP contribution < -0.4 is 10.6 Å². The Kier molecular flexibility index (Phi) is 20.5. The molecule has 2 saturated heterocycles. The zero-order valence-electron chi connectivity index (χ0n) is 28.3. The number of nitrogens with one attached hydrogen (secondary N) is 2. The molecule has 14 nitrogen and oxygen atoms in total. The Labute approximate surface area is 293 Å². The number of rotatable bonds is 10. The Bertz CT molecular complexity index is 986. The number of alkyl halides is 6. The zero-order chi connectivity index (χ0) is 39.5. The number of amides is 2. The standard InChI is InChI=1S/C14H24F3NO3S.C11H18F3NO6S.C3H6O3/c1-6-7(2)11(21-12(22-5)8(6)3)10(9(4)19)18-13(20)14(15,16)17;1-3(16)4(15-10(20)11(12,13)14)8-6(18)5(17)7(19)9(21-8)22-2;4-2-1-3(5)6/h6-12,19H,1-5H3,(H,18,20);3-9,16-19H,1-2H3,(H,15,20);4H,1-2H2,(H,5,6)/t6-,7?,8-,9-,10-,11+,12?;3-,4-,5-,6?,7-,8-,9?;/m11./s1. The molecule has 2 fully saturated rings. The van der Waals surface area contributed by atoms with Gasteiger partial charge in [-0.15, -0.1) is 23.5 Å². The van der Waals surface area contributed by atoms with E-state index in [1.54, 1.807) is 0 Å². The number of hydrogen-bond acceptors (Lipinski definition) is 13. The predicted octanol–water partition coefficient (Wildman–Crippen LogP) is 0.449. The minimum Gasteiger partial charge on any atom is -0.481 e. The summed E-state index contributed by atoms with van der Waals surface area (Å²) in [6, 6.07) is -2.73. The molecular formula is C28H48F6N2O12S2. The number of carbonyl (C=O) groups excluding carboxylic acids is 2. The second kappa shape index (κ2) is 21.2. The number of aliphatic carboxylic acids is 1. The Hall–Kier alpha value is -1.63. The van der Waals surface area contributed by atoms with E-state index in [0.29, 0.717) is 0 Å². The summed E-state index contributed by atoms with van der Waals surface area (Å²) in [6.45, 7) is 8.10. The molecule has 2 amide bonds. The molecular weight excluding hydrogens is 734 g/mol. The number of carboxylic acid groups (broad SMARTS) is 1. The van der Waals surface area contributed by atoms with E-state index in [4.69, 9.17) is 19.7 Å². The minimum atomic E-state index is -5.18. The summed E-state index contributed by atoms with van der Waals surface area (Å²) in [5.74, 6) is -4.99. The first kappa shape index (κ1) is 48.4. The molecule has 0 spiro atoms. The molecule has 50 heavy (non-hydrogen) atoms. The second-order valence-electron chi connectivity index (χ2n) is 11.8. The van der Waals surface area contributed by atoms with Crippen LogP contribution in [0.4, 0.5) is 26.3 Å².